The molecule has 0 aliphatic carbocycles. The Bertz CT molecular complexity index is 406. The fourth-order valence-corrected chi connectivity index (χ4v) is 2.42. The molecule has 0 aromatic heterocycles. The minimum atomic E-state index is 0.239. The van der Waals surface area contributed by atoms with Crippen LogP contribution in [-0.2, 0) is 4.74 Å². The average molecular weight is 263 g/mol. The molecule has 3 nitrogen and oxygen atoms in total. The van der Waals surface area contributed by atoms with Crippen LogP contribution < -0.4 is 10.1 Å². The smallest absolute Gasteiger partial charge is 0.122 e. The standard InChI is InChI=1S/C16H25NO2/c1-4-17-10-14-8-9-15(19-14)11-18-16-7-5-6-12(2)13(16)3/h5-7,14-15,17H,4,8-11H2,1-3H3. The Balaban J connectivity index is 1.79. The van der Waals surface area contributed by atoms with E-state index in [1.54, 1.807) is 0 Å². The SMILES string of the molecule is CCNCC1CCC(COc2cccc(C)c2C)O1. The predicted molar refractivity (Wildman–Crippen MR) is 77.8 cm³/mol. The van der Waals surface area contributed by atoms with E-state index >= 15 is 0 Å². The molecule has 0 amide bonds. The van der Waals surface area contributed by atoms with Crippen molar-refractivity contribution in [1.29, 1.82) is 0 Å². The molecule has 2 atom stereocenters. The van der Waals surface area contributed by atoms with Gasteiger partial charge < -0.3 is 14.8 Å². The van der Waals surface area contributed by atoms with Crippen LogP contribution >= 0.6 is 0 Å². The van der Waals surface area contributed by atoms with Crippen molar-refractivity contribution in [3.8, 4) is 5.75 Å². The highest BCUT2D eigenvalue weighted by Crippen LogP contribution is 2.24. The molecule has 1 heterocycles. The molecule has 1 aliphatic heterocycles. The highest BCUT2D eigenvalue weighted by Gasteiger charge is 2.25. The third kappa shape index (κ3) is 3.95. The molecule has 0 spiro atoms. The lowest BCUT2D eigenvalue weighted by Crippen LogP contribution is -2.28. The number of benzene rings is 1. The van der Waals surface area contributed by atoms with Gasteiger partial charge in [0.05, 0.1) is 12.2 Å². The topological polar surface area (TPSA) is 30.5 Å². The van der Waals surface area contributed by atoms with E-state index in [1.807, 2.05) is 12.1 Å². The third-order valence-electron chi connectivity index (χ3n) is 3.80. The molecule has 1 fully saturated rings. The fourth-order valence-electron chi connectivity index (χ4n) is 2.42. The summed E-state index contributed by atoms with van der Waals surface area (Å²) in [6, 6.07) is 6.19. The van der Waals surface area contributed by atoms with E-state index in [2.05, 4.69) is 32.2 Å². The van der Waals surface area contributed by atoms with Crippen LogP contribution in [0.2, 0.25) is 0 Å². The van der Waals surface area contributed by atoms with Crippen LogP contribution in [0.15, 0.2) is 18.2 Å². The summed E-state index contributed by atoms with van der Waals surface area (Å²) in [5.41, 5.74) is 2.50. The lowest BCUT2D eigenvalue weighted by atomic mass is 10.1. The molecule has 106 valence electrons. The van der Waals surface area contributed by atoms with Gasteiger partial charge in [-0.1, -0.05) is 19.1 Å². The van der Waals surface area contributed by atoms with E-state index in [9.17, 15) is 0 Å². The second kappa shape index (κ2) is 6.92. The van der Waals surface area contributed by atoms with Gasteiger partial charge in [-0.3, -0.25) is 0 Å². The molecule has 1 N–H and O–H groups in total. The second-order valence-electron chi connectivity index (χ2n) is 5.27. The Morgan fingerprint density at radius 1 is 1.26 bits per heavy atom. The van der Waals surface area contributed by atoms with Gasteiger partial charge in [-0.25, -0.2) is 0 Å². The first-order valence-corrected chi connectivity index (χ1v) is 7.26. The van der Waals surface area contributed by atoms with Crippen LogP contribution in [0.25, 0.3) is 0 Å². The third-order valence-corrected chi connectivity index (χ3v) is 3.80. The van der Waals surface area contributed by atoms with Gasteiger partial charge in [0, 0.05) is 6.54 Å². The van der Waals surface area contributed by atoms with Gasteiger partial charge in [-0.05, 0) is 50.4 Å². The number of hydrogen-bond acceptors (Lipinski definition) is 3. The normalized spacial score (nSPS) is 22.7. The molecule has 0 radical (unpaired) electrons. The van der Waals surface area contributed by atoms with Crippen molar-refractivity contribution >= 4 is 0 Å². The van der Waals surface area contributed by atoms with Crippen LogP contribution in [0.3, 0.4) is 0 Å². The fraction of sp³-hybridized carbons (Fsp3) is 0.625. The molecule has 3 heteroatoms. The quantitative estimate of drug-likeness (QED) is 0.856. The van der Waals surface area contributed by atoms with Gasteiger partial charge in [-0.15, -0.1) is 0 Å². The average Bonchev–Trinajstić information content (AvgIpc) is 2.86. The maximum Gasteiger partial charge on any atom is 0.122 e. The van der Waals surface area contributed by atoms with E-state index in [-0.39, 0.29) is 6.10 Å². The van der Waals surface area contributed by atoms with E-state index in [0.29, 0.717) is 12.7 Å². The molecule has 0 saturated carbocycles. The number of nitrogens with one attached hydrogen (secondary N) is 1. The van der Waals surface area contributed by atoms with Gasteiger partial charge in [0.1, 0.15) is 12.4 Å². The predicted octanol–water partition coefficient (Wildman–Crippen LogP) is 2.84. The zero-order chi connectivity index (χ0) is 13.7. The first kappa shape index (κ1) is 14.4. The van der Waals surface area contributed by atoms with Crippen molar-refractivity contribution in [3.63, 3.8) is 0 Å². The summed E-state index contributed by atoms with van der Waals surface area (Å²) < 4.78 is 11.9. The van der Waals surface area contributed by atoms with E-state index < -0.39 is 0 Å². The van der Waals surface area contributed by atoms with Crippen LogP contribution in [0.4, 0.5) is 0 Å². The Morgan fingerprint density at radius 3 is 2.84 bits per heavy atom. The van der Waals surface area contributed by atoms with Gasteiger partial charge in [-0.2, -0.15) is 0 Å². The molecular weight excluding hydrogens is 238 g/mol. The van der Waals surface area contributed by atoms with Crippen LogP contribution in [0.5, 0.6) is 5.75 Å². The Labute approximate surface area is 116 Å². The van der Waals surface area contributed by atoms with Gasteiger partial charge >= 0.3 is 0 Å². The van der Waals surface area contributed by atoms with E-state index in [0.717, 1.165) is 31.7 Å². The lowest BCUT2D eigenvalue weighted by molar-refractivity contribution is 0.0186. The number of rotatable bonds is 6. The molecule has 19 heavy (non-hydrogen) atoms. The maximum atomic E-state index is 5.97. The van der Waals surface area contributed by atoms with E-state index in [1.165, 1.54) is 11.1 Å². The second-order valence-corrected chi connectivity index (χ2v) is 5.27. The summed E-state index contributed by atoms with van der Waals surface area (Å²) in [5, 5.41) is 3.34. The zero-order valence-corrected chi connectivity index (χ0v) is 12.2. The summed E-state index contributed by atoms with van der Waals surface area (Å²) >= 11 is 0. The van der Waals surface area contributed by atoms with Crippen molar-refractivity contribution in [2.24, 2.45) is 0 Å². The van der Waals surface area contributed by atoms with Crippen LogP contribution in [0, 0.1) is 13.8 Å². The first-order chi connectivity index (χ1) is 9.20. The summed E-state index contributed by atoms with van der Waals surface area (Å²) in [7, 11) is 0. The van der Waals surface area contributed by atoms with Crippen molar-refractivity contribution in [3.05, 3.63) is 29.3 Å². The largest absolute Gasteiger partial charge is 0.491 e. The molecule has 2 unspecified atom stereocenters. The minimum Gasteiger partial charge on any atom is -0.491 e. The number of hydrogen-bond donors (Lipinski definition) is 1. The zero-order valence-electron chi connectivity index (χ0n) is 12.2. The maximum absolute atomic E-state index is 5.97. The minimum absolute atomic E-state index is 0.239. The molecule has 1 aromatic carbocycles. The van der Waals surface area contributed by atoms with E-state index in [4.69, 9.17) is 9.47 Å². The first-order valence-electron chi connectivity index (χ1n) is 7.26. The molecule has 1 aliphatic rings. The van der Waals surface area contributed by atoms with Crippen LogP contribution in [-0.4, -0.2) is 31.9 Å². The van der Waals surface area contributed by atoms with Gasteiger partial charge in [0.25, 0.3) is 0 Å². The van der Waals surface area contributed by atoms with Crippen molar-refractivity contribution in [2.45, 2.75) is 45.8 Å². The van der Waals surface area contributed by atoms with Crippen molar-refractivity contribution < 1.29 is 9.47 Å². The number of likely N-dealkylation sites (N-methyl/N-ethyl adjacent to an activating group) is 1. The molecule has 1 aromatic rings. The van der Waals surface area contributed by atoms with Gasteiger partial charge in [0.2, 0.25) is 0 Å². The van der Waals surface area contributed by atoms with Crippen molar-refractivity contribution in [1.82, 2.24) is 5.32 Å². The number of ether oxygens (including phenoxy) is 2. The highest BCUT2D eigenvalue weighted by molar-refractivity contribution is 5.38. The Kier molecular flexibility index (Phi) is 5.23. The molecule has 1 saturated heterocycles. The van der Waals surface area contributed by atoms with Crippen molar-refractivity contribution in [2.75, 3.05) is 19.7 Å². The summed E-state index contributed by atoms with van der Waals surface area (Å²) in [6.07, 6.45) is 2.82. The monoisotopic (exact) mass is 263 g/mol. The Hall–Kier alpha value is -1.06. The number of aryl methyl sites for hydroxylation is 1. The summed E-state index contributed by atoms with van der Waals surface area (Å²) in [5.74, 6) is 0.985. The molecule has 0 bridgehead atoms. The lowest BCUT2D eigenvalue weighted by Gasteiger charge is -2.16. The molecule has 2 rings (SSSR count). The Morgan fingerprint density at radius 2 is 2.05 bits per heavy atom. The summed E-state index contributed by atoms with van der Waals surface area (Å²) in [6.45, 7) is 8.96. The summed E-state index contributed by atoms with van der Waals surface area (Å²) in [4.78, 5) is 0. The molecular formula is C16H25NO2. The highest BCUT2D eigenvalue weighted by atomic mass is 16.5. The van der Waals surface area contributed by atoms with Crippen LogP contribution in [0.1, 0.15) is 30.9 Å². The van der Waals surface area contributed by atoms with Gasteiger partial charge in [0.15, 0.2) is 0 Å².